The minimum atomic E-state index is -0.0397. The monoisotopic (exact) mass is 500 g/mol. The maximum Gasteiger partial charge on any atom is 0.226 e. The van der Waals surface area contributed by atoms with Crippen molar-refractivity contribution in [2.45, 2.75) is 45.6 Å². The topological polar surface area (TPSA) is 103 Å². The van der Waals surface area contributed by atoms with Gasteiger partial charge in [0.05, 0.1) is 36.2 Å². The van der Waals surface area contributed by atoms with Crippen LogP contribution in [0.4, 0.5) is 11.5 Å². The summed E-state index contributed by atoms with van der Waals surface area (Å²) in [6.07, 6.45) is 7.64. The number of fused-ring (bicyclic) bond motifs is 4. The predicted octanol–water partition coefficient (Wildman–Crippen LogP) is 4.63. The van der Waals surface area contributed by atoms with Gasteiger partial charge in [-0.2, -0.15) is 5.26 Å². The lowest BCUT2D eigenvalue weighted by molar-refractivity contribution is -0.137. The molecule has 1 aliphatic carbocycles. The van der Waals surface area contributed by atoms with Gasteiger partial charge in [0.25, 0.3) is 0 Å². The van der Waals surface area contributed by atoms with Crippen LogP contribution < -0.4 is 10.1 Å². The van der Waals surface area contributed by atoms with E-state index >= 15 is 0 Å². The average molecular weight is 501 g/mol. The fourth-order valence-electron chi connectivity index (χ4n) is 5.59. The molecule has 2 aromatic heterocycles. The van der Waals surface area contributed by atoms with E-state index in [2.05, 4.69) is 38.5 Å². The van der Waals surface area contributed by atoms with E-state index in [-0.39, 0.29) is 17.7 Å². The van der Waals surface area contributed by atoms with Gasteiger partial charge in [0.1, 0.15) is 22.7 Å². The Kier molecular flexibility index (Phi) is 6.05. The molecule has 184 valence electrons. The Balaban J connectivity index is 1.29. The van der Waals surface area contributed by atoms with Crippen LogP contribution in [0.3, 0.4) is 0 Å². The van der Waals surface area contributed by atoms with Gasteiger partial charge < -0.3 is 15.0 Å². The Morgan fingerprint density at radius 1 is 1.33 bits per heavy atom. The van der Waals surface area contributed by atoms with Crippen molar-refractivity contribution < 1.29 is 9.53 Å². The average Bonchev–Trinajstić information content (AvgIpc) is 3.52. The molecule has 1 aromatic carbocycles. The van der Waals surface area contributed by atoms with Gasteiger partial charge in [-0.3, -0.25) is 9.79 Å². The first kappa shape index (κ1) is 22.9. The van der Waals surface area contributed by atoms with E-state index in [1.165, 1.54) is 10.4 Å². The van der Waals surface area contributed by atoms with Crippen molar-refractivity contribution >= 4 is 45.2 Å². The van der Waals surface area contributed by atoms with Crippen LogP contribution in [0.1, 0.15) is 47.8 Å². The van der Waals surface area contributed by atoms with E-state index in [9.17, 15) is 10.1 Å². The van der Waals surface area contributed by atoms with Crippen LogP contribution in [0, 0.1) is 23.2 Å². The number of carbonyl (C=O) groups is 1. The van der Waals surface area contributed by atoms with Gasteiger partial charge >= 0.3 is 0 Å². The molecular formula is C27H28N6O2S. The number of likely N-dealkylation sites (tertiary alicyclic amines) is 1. The van der Waals surface area contributed by atoms with Crippen LogP contribution >= 0.6 is 11.3 Å². The summed E-state index contributed by atoms with van der Waals surface area (Å²) < 4.78 is 5.93. The number of carbonyl (C=O) groups excluding carboxylic acids is 1. The number of amides is 1. The second-order valence-electron chi connectivity index (χ2n) is 9.67. The summed E-state index contributed by atoms with van der Waals surface area (Å²) in [4.78, 5) is 30.9. The number of nitriles is 1. The van der Waals surface area contributed by atoms with Crippen LogP contribution in [0.25, 0.3) is 10.2 Å². The van der Waals surface area contributed by atoms with Crippen molar-refractivity contribution in [1.29, 1.82) is 5.26 Å². The molecule has 0 radical (unpaired) electrons. The second-order valence-corrected chi connectivity index (χ2v) is 10.8. The molecule has 2 atom stereocenters. The summed E-state index contributed by atoms with van der Waals surface area (Å²) in [5, 5.41) is 13.9. The number of anilines is 2. The van der Waals surface area contributed by atoms with E-state index < -0.39 is 0 Å². The normalized spacial score (nSPS) is 20.6. The number of hydrogen-bond acceptors (Lipinski definition) is 8. The Morgan fingerprint density at radius 3 is 3.11 bits per heavy atom. The molecule has 9 heteroatoms. The molecule has 4 heterocycles. The molecule has 6 rings (SSSR count). The fraction of sp³-hybridized carbons (Fsp3) is 0.444. The minimum absolute atomic E-state index is 0.0343. The zero-order valence-corrected chi connectivity index (χ0v) is 21.1. The summed E-state index contributed by atoms with van der Waals surface area (Å²) in [5.74, 6) is 1.69. The predicted molar refractivity (Wildman–Crippen MR) is 140 cm³/mol. The van der Waals surface area contributed by atoms with Crippen molar-refractivity contribution in [2.24, 2.45) is 16.8 Å². The van der Waals surface area contributed by atoms with Gasteiger partial charge in [-0.15, -0.1) is 11.3 Å². The highest BCUT2D eigenvalue weighted by Gasteiger charge is 2.33. The maximum atomic E-state index is 13.3. The number of aromatic nitrogens is 2. The fourth-order valence-corrected chi connectivity index (χ4v) is 6.86. The van der Waals surface area contributed by atoms with Crippen molar-refractivity contribution in [3.05, 3.63) is 40.0 Å². The number of aryl methyl sites for hydroxylation is 1. The molecule has 1 amide bonds. The summed E-state index contributed by atoms with van der Waals surface area (Å²) in [6.45, 7) is 4.56. The summed E-state index contributed by atoms with van der Waals surface area (Å²) in [5.41, 5.74) is 4.37. The number of thiophene rings is 1. The van der Waals surface area contributed by atoms with Crippen molar-refractivity contribution in [3.63, 3.8) is 0 Å². The van der Waals surface area contributed by atoms with E-state index in [0.717, 1.165) is 77.2 Å². The van der Waals surface area contributed by atoms with Gasteiger partial charge in [-0.1, -0.05) is 0 Å². The van der Waals surface area contributed by atoms with Crippen LogP contribution in [0.5, 0.6) is 5.75 Å². The Labute approximate surface area is 214 Å². The number of nitrogens with zero attached hydrogens (tertiary/aromatic N) is 5. The van der Waals surface area contributed by atoms with E-state index in [1.807, 2.05) is 18.0 Å². The first-order valence-corrected chi connectivity index (χ1v) is 13.5. The Hall–Kier alpha value is -3.51. The number of aliphatic imine (C=N–C) groups is 1. The maximum absolute atomic E-state index is 13.3. The lowest BCUT2D eigenvalue weighted by Crippen LogP contribution is -2.43. The molecule has 1 saturated heterocycles. The molecule has 2 aliphatic heterocycles. The molecule has 2 unspecified atom stereocenters. The number of ether oxygens (including phenoxy) is 1. The third kappa shape index (κ3) is 4.09. The third-order valence-electron chi connectivity index (χ3n) is 7.40. The van der Waals surface area contributed by atoms with Gasteiger partial charge in [-0.25, -0.2) is 9.97 Å². The van der Waals surface area contributed by atoms with E-state index in [4.69, 9.17) is 4.74 Å². The van der Waals surface area contributed by atoms with Crippen molar-refractivity contribution in [1.82, 2.24) is 14.9 Å². The highest BCUT2D eigenvalue weighted by Crippen LogP contribution is 2.42. The van der Waals surface area contributed by atoms with Crippen LogP contribution in [0.15, 0.2) is 23.5 Å². The summed E-state index contributed by atoms with van der Waals surface area (Å²) in [7, 11) is 0. The van der Waals surface area contributed by atoms with Crippen LogP contribution in [-0.4, -0.2) is 46.7 Å². The zero-order valence-electron chi connectivity index (χ0n) is 20.3. The van der Waals surface area contributed by atoms with Crippen LogP contribution in [-0.2, 0) is 24.2 Å². The molecule has 36 heavy (non-hydrogen) atoms. The minimum Gasteiger partial charge on any atom is -0.492 e. The van der Waals surface area contributed by atoms with Gasteiger partial charge in [0.15, 0.2) is 0 Å². The SMILES string of the molecule is CCOc1cc2c(cc1Nc1ncnc3sc4c(c13)CCC(C(=O)N1CCCC(C#N)C1)C4)C=NC2. The number of rotatable bonds is 5. The number of nitrogens with one attached hydrogen (secondary N) is 1. The molecule has 1 fully saturated rings. The quantitative estimate of drug-likeness (QED) is 0.548. The standard InChI is InChI=1S/C27H28N6O2S/c1-2-35-22-9-19-13-29-12-18(19)8-21(22)32-25-24-20-6-5-17(10-23(20)36-26(24)31-15-30-25)27(34)33-7-3-4-16(11-28)14-33/h8-9,12,15-17H,2-7,10,13-14H2,1H3,(H,30,31,32). The molecule has 8 nitrogen and oxygen atoms in total. The molecule has 3 aromatic rings. The highest BCUT2D eigenvalue weighted by molar-refractivity contribution is 7.19. The lowest BCUT2D eigenvalue weighted by atomic mass is 9.86. The molecule has 0 spiro atoms. The largest absolute Gasteiger partial charge is 0.492 e. The molecular weight excluding hydrogens is 472 g/mol. The van der Waals surface area contributed by atoms with Gasteiger partial charge in [0.2, 0.25) is 5.91 Å². The van der Waals surface area contributed by atoms with E-state index in [1.54, 1.807) is 17.7 Å². The zero-order chi connectivity index (χ0) is 24.6. The van der Waals surface area contributed by atoms with Gasteiger partial charge in [-0.05, 0) is 67.9 Å². The Morgan fingerprint density at radius 2 is 2.25 bits per heavy atom. The number of piperidine rings is 1. The first-order chi connectivity index (χ1) is 17.6. The second kappa shape index (κ2) is 9.51. The molecule has 0 bridgehead atoms. The molecule has 0 saturated carbocycles. The summed E-state index contributed by atoms with van der Waals surface area (Å²) >= 11 is 1.67. The smallest absolute Gasteiger partial charge is 0.226 e. The van der Waals surface area contributed by atoms with E-state index in [0.29, 0.717) is 19.7 Å². The summed E-state index contributed by atoms with van der Waals surface area (Å²) in [6, 6.07) is 6.48. The van der Waals surface area contributed by atoms with Crippen molar-refractivity contribution in [3.8, 4) is 11.8 Å². The number of benzene rings is 1. The molecule has 3 aliphatic rings. The lowest BCUT2D eigenvalue weighted by Gasteiger charge is -2.33. The van der Waals surface area contributed by atoms with Gasteiger partial charge in [0, 0.05) is 30.1 Å². The number of hydrogen-bond donors (Lipinski definition) is 1. The first-order valence-electron chi connectivity index (χ1n) is 12.6. The van der Waals surface area contributed by atoms with Crippen molar-refractivity contribution in [2.75, 3.05) is 25.0 Å². The van der Waals surface area contributed by atoms with Crippen LogP contribution in [0.2, 0.25) is 0 Å². The Bertz CT molecular complexity index is 1410. The third-order valence-corrected chi connectivity index (χ3v) is 8.56. The highest BCUT2D eigenvalue weighted by atomic mass is 32.1. The molecule has 1 N–H and O–H groups in total.